The first-order chi connectivity index (χ1) is 13.9. The zero-order valence-corrected chi connectivity index (χ0v) is 17.1. The van der Waals surface area contributed by atoms with Crippen LogP contribution in [0.1, 0.15) is 29.8 Å². The third-order valence-electron chi connectivity index (χ3n) is 4.74. The second-order valence-corrected chi connectivity index (χ2v) is 7.50. The summed E-state index contributed by atoms with van der Waals surface area (Å²) in [6.07, 6.45) is 3.60. The lowest BCUT2D eigenvalue weighted by Crippen LogP contribution is -2.25. The van der Waals surface area contributed by atoms with Gasteiger partial charge in [-0.1, -0.05) is 23.2 Å². The van der Waals surface area contributed by atoms with E-state index in [-0.39, 0.29) is 10.8 Å². The van der Waals surface area contributed by atoms with Crippen LogP contribution in [0.5, 0.6) is 5.75 Å². The summed E-state index contributed by atoms with van der Waals surface area (Å²) in [5.41, 5.74) is 9.10. The van der Waals surface area contributed by atoms with E-state index in [9.17, 15) is 4.39 Å². The molecule has 9 heteroatoms. The molecule has 0 saturated carbocycles. The summed E-state index contributed by atoms with van der Waals surface area (Å²) in [6, 6.07) is 4.36. The number of anilines is 1. The molecule has 0 spiro atoms. The number of benzene rings is 1. The van der Waals surface area contributed by atoms with Crippen molar-refractivity contribution in [1.29, 1.82) is 0 Å². The van der Waals surface area contributed by atoms with Crippen LogP contribution in [0.2, 0.25) is 10.0 Å². The van der Waals surface area contributed by atoms with Crippen molar-refractivity contribution in [3.63, 3.8) is 0 Å². The van der Waals surface area contributed by atoms with Gasteiger partial charge >= 0.3 is 0 Å². The maximum atomic E-state index is 13.9. The Hall–Kier alpha value is -2.48. The molecular formula is C20H18Cl2FN5O. The number of rotatable bonds is 4. The Bertz CT molecular complexity index is 1080. The second kappa shape index (κ2) is 8.10. The van der Waals surface area contributed by atoms with Crippen molar-refractivity contribution in [2.45, 2.75) is 26.0 Å². The first-order valence-electron chi connectivity index (χ1n) is 9.05. The van der Waals surface area contributed by atoms with Gasteiger partial charge in [-0.3, -0.25) is 0 Å². The minimum Gasteiger partial charge on any atom is -0.482 e. The quantitative estimate of drug-likeness (QED) is 0.594. The van der Waals surface area contributed by atoms with Crippen LogP contribution in [0.3, 0.4) is 0 Å². The molecule has 0 saturated heterocycles. The predicted octanol–water partition coefficient (Wildman–Crippen LogP) is 4.35. The van der Waals surface area contributed by atoms with Gasteiger partial charge in [-0.05, 0) is 25.1 Å². The van der Waals surface area contributed by atoms with Crippen molar-refractivity contribution in [3.8, 4) is 17.1 Å². The van der Waals surface area contributed by atoms with Gasteiger partial charge in [-0.15, -0.1) is 0 Å². The zero-order valence-electron chi connectivity index (χ0n) is 15.5. The first kappa shape index (κ1) is 19.8. The topological polar surface area (TPSA) is 86.0 Å². The lowest BCUT2D eigenvalue weighted by Gasteiger charge is -2.19. The average molecular weight is 434 g/mol. The minimum atomic E-state index is -0.652. The molecule has 4 rings (SSSR count). The Kier molecular flexibility index (Phi) is 5.54. The van der Waals surface area contributed by atoms with Gasteiger partial charge in [0.05, 0.1) is 10.7 Å². The maximum absolute atomic E-state index is 13.9. The molecule has 3 heterocycles. The number of hydrogen-bond acceptors (Lipinski definition) is 6. The zero-order chi connectivity index (χ0) is 20.5. The number of nitrogens with zero attached hydrogens (tertiary/aromatic N) is 3. The summed E-state index contributed by atoms with van der Waals surface area (Å²) in [5.74, 6) is 0.469. The fourth-order valence-corrected chi connectivity index (χ4v) is 3.89. The molecule has 3 N–H and O–H groups in total. The Balaban J connectivity index is 1.65. The Morgan fingerprint density at radius 3 is 2.90 bits per heavy atom. The number of nitrogens with two attached hydrogens (primary N) is 1. The van der Waals surface area contributed by atoms with Crippen molar-refractivity contribution in [1.82, 2.24) is 20.3 Å². The molecule has 0 bridgehead atoms. The summed E-state index contributed by atoms with van der Waals surface area (Å²) in [7, 11) is 0. The monoisotopic (exact) mass is 433 g/mol. The molecule has 2 aromatic heterocycles. The van der Waals surface area contributed by atoms with Gasteiger partial charge in [0.25, 0.3) is 0 Å². The van der Waals surface area contributed by atoms with Crippen LogP contribution in [0.15, 0.2) is 30.6 Å². The van der Waals surface area contributed by atoms with Crippen LogP contribution in [0.4, 0.5) is 10.2 Å². The van der Waals surface area contributed by atoms with Crippen molar-refractivity contribution >= 4 is 29.0 Å². The minimum absolute atomic E-state index is 0.0840. The Morgan fingerprint density at radius 2 is 2.07 bits per heavy atom. The lowest BCUT2D eigenvalue weighted by atomic mass is 10.1. The highest BCUT2D eigenvalue weighted by Gasteiger charge is 2.20. The van der Waals surface area contributed by atoms with E-state index in [0.717, 1.165) is 30.8 Å². The highest BCUT2D eigenvalue weighted by atomic mass is 35.5. The Morgan fingerprint density at radius 1 is 1.24 bits per heavy atom. The summed E-state index contributed by atoms with van der Waals surface area (Å²) < 4.78 is 19.8. The Labute approximate surface area is 177 Å². The smallest absolute Gasteiger partial charge is 0.166 e. The molecule has 0 amide bonds. The van der Waals surface area contributed by atoms with E-state index in [1.807, 2.05) is 6.20 Å². The van der Waals surface area contributed by atoms with Crippen molar-refractivity contribution < 1.29 is 9.13 Å². The van der Waals surface area contributed by atoms with Gasteiger partial charge in [0.2, 0.25) is 0 Å². The van der Waals surface area contributed by atoms with Gasteiger partial charge in [-0.2, -0.15) is 0 Å². The molecule has 1 unspecified atom stereocenters. The van der Waals surface area contributed by atoms with Crippen molar-refractivity contribution in [2.24, 2.45) is 0 Å². The maximum Gasteiger partial charge on any atom is 0.166 e. The molecule has 3 aromatic rings. The van der Waals surface area contributed by atoms with Crippen LogP contribution in [0, 0.1) is 5.82 Å². The average Bonchev–Trinajstić information content (AvgIpc) is 2.72. The van der Waals surface area contributed by atoms with Gasteiger partial charge in [0.15, 0.2) is 17.4 Å². The number of halogens is 3. The molecule has 1 aromatic carbocycles. The van der Waals surface area contributed by atoms with Crippen molar-refractivity contribution in [3.05, 3.63) is 63.3 Å². The highest BCUT2D eigenvalue weighted by Crippen LogP contribution is 2.36. The fraction of sp³-hybridized carbons (Fsp3) is 0.250. The number of ether oxygens (including phenoxy) is 1. The molecule has 0 radical (unpaired) electrons. The highest BCUT2D eigenvalue weighted by molar-refractivity contribution is 6.36. The van der Waals surface area contributed by atoms with Gasteiger partial charge in [0.1, 0.15) is 11.9 Å². The SMILES string of the molecule is CC(Oc1cc(-c2ncc3c(n2)CCNC3)cnc1N)c1c(Cl)ccc(F)c1Cl. The molecule has 1 aliphatic rings. The van der Waals surface area contributed by atoms with E-state index in [1.54, 1.807) is 19.2 Å². The molecule has 1 aliphatic heterocycles. The molecule has 1 atom stereocenters. The summed E-state index contributed by atoms with van der Waals surface area (Å²) >= 11 is 12.3. The lowest BCUT2D eigenvalue weighted by molar-refractivity contribution is 0.227. The van der Waals surface area contributed by atoms with E-state index in [0.29, 0.717) is 27.7 Å². The third kappa shape index (κ3) is 3.99. The molecular weight excluding hydrogens is 416 g/mol. The van der Waals surface area contributed by atoms with Gasteiger partial charge in [0, 0.05) is 53.6 Å². The van der Waals surface area contributed by atoms with Crippen LogP contribution >= 0.6 is 23.2 Å². The number of hydrogen-bond donors (Lipinski definition) is 2. The number of nitrogen functional groups attached to an aromatic ring is 1. The molecule has 150 valence electrons. The van der Waals surface area contributed by atoms with E-state index < -0.39 is 11.9 Å². The summed E-state index contributed by atoms with van der Waals surface area (Å²) in [4.78, 5) is 13.3. The number of pyridine rings is 1. The van der Waals surface area contributed by atoms with Crippen LogP contribution < -0.4 is 15.8 Å². The standard InChI is InChI=1S/C20H18Cl2FN5O/c1-10(17-13(21)2-3-14(23)18(17)22)29-16-6-11(8-26-19(16)24)20-27-9-12-7-25-5-4-15(12)28-20/h2-3,6,8-10,25H,4-5,7H2,1H3,(H2,24,26). The van der Waals surface area contributed by atoms with Gasteiger partial charge in [-0.25, -0.2) is 19.3 Å². The number of fused-ring (bicyclic) bond motifs is 1. The molecule has 6 nitrogen and oxygen atoms in total. The summed E-state index contributed by atoms with van der Waals surface area (Å²) in [5, 5.41) is 3.51. The normalized spacial score (nSPS) is 14.3. The van der Waals surface area contributed by atoms with Gasteiger partial charge < -0.3 is 15.8 Å². The van der Waals surface area contributed by atoms with E-state index in [2.05, 4.69) is 20.3 Å². The summed E-state index contributed by atoms with van der Waals surface area (Å²) in [6.45, 7) is 3.35. The number of aromatic nitrogens is 3. The van der Waals surface area contributed by atoms with Crippen molar-refractivity contribution in [2.75, 3.05) is 12.3 Å². The van der Waals surface area contributed by atoms with E-state index in [1.165, 1.54) is 12.1 Å². The third-order valence-corrected chi connectivity index (χ3v) is 5.45. The number of nitrogens with one attached hydrogen (secondary N) is 1. The van der Waals surface area contributed by atoms with E-state index in [4.69, 9.17) is 33.7 Å². The van der Waals surface area contributed by atoms with Crippen LogP contribution in [-0.4, -0.2) is 21.5 Å². The second-order valence-electron chi connectivity index (χ2n) is 6.72. The van der Waals surface area contributed by atoms with E-state index >= 15 is 0 Å². The first-order valence-corrected chi connectivity index (χ1v) is 9.81. The van der Waals surface area contributed by atoms with Crippen LogP contribution in [0.25, 0.3) is 11.4 Å². The van der Waals surface area contributed by atoms with Crippen LogP contribution in [-0.2, 0) is 13.0 Å². The molecule has 0 aliphatic carbocycles. The fourth-order valence-electron chi connectivity index (χ4n) is 3.21. The molecule has 0 fully saturated rings. The molecule has 29 heavy (non-hydrogen) atoms. The largest absolute Gasteiger partial charge is 0.482 e. The predicted molar refractivity (Wildman–Crippen MR) is 111 cm³/mol.